The highest BCUT2D eigenvalue weighted by Crippen LogP contribution is 2.44. The highest BCUT2D eigenvalue weighted by molar-refractivity contribution is 7.18. The minimum Gasteiger partial charge on any atom is -0.437 e. The fraction of sp³-hybridized carbons (Fsp3) is 0.360. The Morgan fingerprint density at radius 1 is 1.14 bits per heavy atom. The van der Waals surface area contributed by atoms with Gasteiger partial charge in [0.05, 0.1) is 17.1 Å². The second kappa shape index (κ2) is 9.90. The van der Waals surface area contributed by atoms with Gasteiger partial charge in [-0.05, 0) is 56.4 Å². The summed E-state index contributed by atoms with van der Waals surface area (Å²) in [5, 5.41) is 4.41. The standard InChI is InChI=1S/C25H22F3N3O4S2/c1-13-31(23(33)15-2-6-16(7-3-15)25(26,27)28)19-10-20(37-21(19)24(34)35-13)14-4-8-17(9-5-14)30-22(32)18-11-36-12-29-18/h4-5,8-13,15-16H,2-3,6-7H2,1H3,(H,30,32)/t13?,15-,16-. The van der Waals surface area contributed by atoms with Crippen LogP contribution >= 0.6 is 22.7 Å². The van der Waals surface area contributed by atoms with Crippen molar-refractivity contribution >= 4 is 51.8 Å². The molecule has 0 radical (unpaired) electrons. The van der Waals surface area contributed by atoms with Crippen LogP contribution in [0.4, 0.5) is 24.5 Å². The van der Waals surface area contributed by atoms with Crippen LogP contribution in [0.2, 0.25) is 0 Å². The van der Waals surface area contributed by atoms with E-state index in [1.807, 2.05) is 0 Å². The first kappa shape index (κ1) is 25.4. The molecule has 1 atom stereocenters. The summed E-state index contributed by atoms with van der Waals surface area (Å²) in [6.45, 7) is 1.58. The van der Waals surface area contributed by atoms with Crippen LogP contribution in [0, 0.1) is 11.8 Å². The van der Waals surface area contributed by atoms with Crippen molar-refractivity contribution in [1.29, 1.82) is 0 Å². The first-order valence-corrected chi connectivity index (χ1v) is 13.4. The molecule has 2 amide bonds. The third kappa shape index (κ3) is 5.12. The second-order valence-electron chi connectivity index (χ2n) is 9.03. The van der Waals surface area contributed by atoms with Crippen LogP contribution in [0.5, 0.6) is 0 Å². The first-order valence-electron chi connectivity index (χ1n) is 11.7. The Kier molecular flexibility index (Phi) is 6.80. The van der Waals surface area contributed by atoms with Crippen LogP contribution in [0.15, 0.2) is 41.2 Å². The Morgan fingerprint density at radius 2 is 1.84 bits per heavy atom. The summed E-state index contributed by atoms with van der Waals surface area (Å²) in [4.78, 5) is 44.6. The number of esters is 1. The number of nitrogens with zero attached hydrogens (tertiary/aromatic N) is 2. The van der Waals surface area contributed by atoms with E-state index >= 15 is 0 Å². The van der Waals surface area contributed by atoms with E-state index in [0.29, 0.717) is 21.9 Å². The molecule has 5 rings (SSSR count). The number of hydrogen-bond donors (Lipinski definition) is 1. The van der Waals surface area contributed by atoms with E-state index in [0.717, 1.165) is 5.56 Å². The largest absolute Gasteiger partial charge is 0.437 e. The van der Waals surface area contributed by atoms with Crippen molar-refractivity contribution in [2.45, 2.75) is 45.0 Å². The molecule has 3 aromatic rings. The maximum absolute atomic E-state index is 13.4. The molecule has 1 fully saturated rings. The van der Waals surface area contributed by atoms with E-state index in [9.17, 15) is 27.6 Å². The normalized spacial score (nSPS) is 21.8. The number of alkyl halides is 3. The quantitative estimate of drug-likeness (QED) is 0.384. The molecule has 3 heterocycles. The number of ether oxygens (including phenoxy) is 1. The Labute approximate surface area is 218 Å². The highest BCUT2D eigenvalue weighted by atomic mass is 32.1. The molecule has 12 heteroatoms. The molecular formula is C25H22F3N3O4S2. The van der Waals surface area contributed by atoms with Gasteiger partial charge in [0.2, 0.25) is 5.91 Å². The summed E-state index contributed by atoms with van der Waals surface area (Å²) in [6, 6.07) is 8.75. The maximum Gasteiger partial charge on any atom is 0.391 e. The van der Waals surface area contributed by atoms with Crippen molar-refractivity contribution < 1.29 is 32.3 Å². The molecule has 0 saturated heterocycles. The number of thiophene rings is 1. The molecule has 1 aliphatic carbocycles. The lowest BCUT2D eigenvalue weighted by Crippen LogP contribution is -2.48. The number of benzene rings is 1. The SMILES string of the molecule is CC1OC(=O)c2sc(-c3ccc(NC(=O)c4cscn4)cc3)cc2N1C(=O)[C@H]1CC[C@H](C(F)(F)F)CC1. The number of anilines is 2. The van der Waals surface area contributed by atoms with E-state index in [4.69, 9.17) is 4.74 Å². The van der Waals surface area contributed by atoms with E-state index in [1.165, 1.54) is 27.6 Å². The summed E-state index contributed by atoms with van der Waals surface area (Å²) in [6.07, 6.45) is -5.01. The van der Waals surface area contributed by atoms with Gasteiger partial charge in [0, 0.05) is 21.9 Å². The van der Waals surface area contributed by atoms with Crippen molar-refractivity contribution in [3.05, 3.63) is 51.8 Å². The second-order valence-corrected chi connectivity index (χ2v) is 10.8. The third-order valence-corrected chi connectivity index (χ3v) is 8.41. The number of halogens is 3. The van der Waals surface area contributed by atoms with Crippen molar-refractivity contribution in [3.8, 4) is 10.4 Å². The van der Waals surface area contributed by atoms with Gasteiger partial charge in [0.15, 0.2) is 6.23 Å². The molecule has 0 bridgehead atoms. The summed E-state index contributed by atoms with van der Waals surface area (Å²) in [5.41, 5.74) is 3.65. The van der Waals surface area contributed by atoms with Gasteiger partial charge < -0.3 is 10.1 Å². The molecular weight excluding hydrogens is 527 g/mol. The number of cyclic esters (lactones) is 1. The summed E-state index contributed by atoms with van der Waals surface area (Å²) < 4.78 is 44.6. The number of nitrogens with one attached hydrogen (secondary N) is 1. The first-order chi connectivity index (χ1) is 17.6. The molecule has 1 unspecified atom stereocenters. The monoisotopic (exact) mass is 549 g/mol. The van der Waals surface area contributed by atoms with Gasteiger partial charge in [0.1, 0.15) is 10.6 Å². The van der Waals surface area contributed by atoms with Gasteiger partial charge in [-0.2, -0.15) is 13.2 Å². The van der Waals surface area contributed by atoms with E-state index in [-0.39, 0.29) is 42.4 Å². The zero-order chi connectivity index (χ0) is 26.3. The molecule has 2 aromatic heterocycles. The van der Waals surface area contributed by atoms with Gasteiger partial charge in [0.25, 0.3) is 5.91 Å². The predicted octanol–water partition coefficient (Wildman–Crippen LogP) is 6.34. The smallest absolute Gasteiger partial charge is 0.391 e. The number of carbonyl (C=O) groups is 3. The number of hydrogen-bond acceptors (Lipinski definition) is 7. The molecule has 194 valence electrons. The predicted molar refractivity (Wildman–Crippen MR) is 134 cm³/mol. The molecule has 1 aromatic carbocycles. The van der Waals surface area contributed by atoms with Crippen LogP contribution < -0.4 is 10.2 Å². The fourth-order valence-electron chi connectivity index (χ4n) is 4.71. The molecule has 37 heavy (non-hydrogen) atoms. The van der Waals surface area contributed by atoms with Crippen LogP contribution in [0.1, 0.15) is 52.8 Å². The zero-order valence-electron chi connectivity index (χ0n) is 19.6. The van der Waals surface area contributed by atoms with Crippen molar-refractivity contribution in [3.63, 3.8) is 0 Å². The lowest BCUT2D eigenvalue weighted by Gasteiger charge is -2.37. The molecule has 2 aliphatic rings. The number of fused-ring (bicyclic) bond motifs is 1. The average Bonchev–Trinajstić information content (AvgIpc) is 3.55. The molecule has 1 saturated carbocycles. The maximum atomic E-state index is 13.4. The van der Waals surface area contributed by atoms with E-state index in [1.54, 1.807) is 48.1 Å². The van der Waals surface area contributed by atoms with Crippen LogP contribution in [-0.2, 0) is 9.53 Å². The van der Waals surface area contributed by atoms with Gasteiger partial charge in [-0.3, -0.25) is 14.5 Å². The van der Waals surface area contributed by atoms with Crippen molar-refractivity contribution in [2.24, 2.45) is 11.8 Å². The molecule has 0 spiro atoms. The zero-order valence-corrected chi connectivity index (χ0v) is 21.2. The Balaban J connectivity index is 1.34. The number of rotatable bonds is 4. The summed E-state index contributed by atoms with van der Waals surface area (Å²) >= 11 is 2.50. The summed E-state index contributed by atoms with van der Waals surface area (Å²) in [7, 11) is 0. The van der Waals surface area contributed by atoms with Gasteiger partial charge in [-0.25, -0.2) is 9.78 Å². The van der Waals surface area contributed by atoms with Crippen LogP contribution in [-0.4, -0.2) is 35.2 Å². The van der Waals surface area contributed by atoms with Crippen molar-refractivity contribution in [1.82, 2.24) is 4.98 Å². The molecule has 1 N–H and O–H groups in total. The molecule has 1 aliphatic heterocycles. The topological polar surface area (TPSA) is 88.6 Å². The number of aromatic nitrogens is 1. The number of amides is 2. The van der Waals surface area contributed by atoms with Gasteiger partial charge >= 0.3 is 12.1 Å². The van der Waals surface area contributed by atoms with Gasteiger partial charge in [-0.1, -0.05) is 12.1 Å². The van der Waals surface area contributed by atoms with Gasteiger partial charge in [-0.15, -0.1) is 22.7 Å². The lowest BCUT2D eigenvalue weighted by atomic mass is 9.81. The third-order valence-electron chi connectivity index (χ3n) is 6.67. The number of carbonyl (C=O) groups excluding carboxylic acids is 3. The fourth-order valence-corrected chi connectivity index (χ4v) is 6.28. The van der Waals surface area contributed by atoms with E-state index in [2.05, 4.69) is 10.3 Å². The Hall–Kier alpha value is -3.25. The van der Waals surface area contributed by atoms with E-state index < -0.39 is 30.2 Å². The highest BCUT2D eigenvalue weighted by Gasteiger charge is 2.45. The minimum absolute atomic E-state index is 0.0883. The van der Waals surface area contributed by atoms with Crippen LogP contribution in [0.3, 0.4) is 0 Å². The lowest BCUT2D eigenvalue weighted by molar-refractivity contribution is -0.184. The minimum atomic E-state index is -4.25. The Morgan fingerprint density at radius 3 is 2.46 bits per heavy atom. The van der Waals surface area contributed by atoms with Crippen molar-refractivity contribution in [2.75, 3.05) is 10.2 Å². The summed E-state index contributed by atoms with van der Waals surface area (Å²) in [5.74, 6) is -3.14. The Bertz CT molecular complexity index is 1310. The average molecular weight is 550 g/mol. The van der Waals surface area contributed by atoms with Crippen LogP contribution in [0.25, 0.3) is 10.4 Å². The number of thiazole rings is 1. The molecule has 7 nitrogen and oxygen atoms in total.